The van der Waals surface area contributed by atoms with Gasteiger partial charge >= 0.3 is 0 Å². The van der Waals surface area contributed by atoms with E-state index in [0.29, 0.717) is 11.3 Å². The van der Waals surface area contributed by atoms with E-state index in [9.17, 15) is 0 Å². The van der Waals surface area contributed by atoms with Crippen LogP contribution >= 0.6 is 0 Å². The number of hydrogen-bond donors (Lipinski definition) is 0. The van der Waals surface area contributed by atoms with Gasteiger partial charge in [-0.3, -0.25) is 0 Å². The minimum Gasteiger partial charge on any atom is -0.487 e. The fourth-order valence-corrected chi connectivity index (χ4v) is 1.76. The van der Waals surface area contributed by atoms with Crippen LogP contribution in [0.1, 0.15) is 25.8 Å². The zero-order valence-electron chi connectivity index (χ0n) is 8.86. The summed E-state index contributed by atoms with van der Waals surface area (Å²) in [7, 11) is 0. The molecular weight excluding hydrogens is 190 g/mol. The molecule has 0 saturated heterocycles. The lowest BCUT2D eigenvalue weighted by Crippen LogP contribution is -2.18. The molecule has 1 heterocycles. The minimum atomic E-state index is 0.121. The maximum absolute atomic E-state index is 8.78. The van der Waals surface area contributed by atoms with Gasteiger partial charge in [0.1, 0.15) is 0 Å². The van der Waals surface area contributed by atoms with Crippen LogP contribution in [0.25, 0.3) is 0 Å². The Morgan fingerprint density at radius 1 is 1.20 bits per heavy atom. The molecule has 0 aromatic heterocycles. The third-order valence-electron chi connectivity index (χ3n) is 2.39. The third kappa shape index (κ3) is 2.04. The van der Waals surface area contributed by atoms with Gasteiger partial charge in [-0.05, 0) is 26.0 Å². The van der Waals surface area contributed by atoms with E-state index >= 15 is 0 Å². The van der Waals surface area contributed by atoms with Crippen LogP contribution in [0.2, 0.25) is 0 Å². The Hall–Kier alpha value is -1.69. The molecule has 0 bridgehead atoms. The monoisotopic (exact) mass is 203 g/mol. The smallest absolute Gasteiger partial charge is 0.162 e. The molecule has 0 fully saturated rings. The highest BCUT2D eigenvalue weighted by molar-refractivity contribution is 5.47. The van der Waals surface area contributed by atoms with Crippen molar-refractivity contribution in [2.45, 2.75) is 32.5 Å². The number of fused-ring (bicyclic) bond motifs is 1. The third-order valence-corrected chi connectivity index (χ3v) is 2.39. The highest BCUT2D eigenvalue weighted by atomic mass is 16.5. The zero-order chi connectivity index (χ0) is 10.8. The second-order valence-electron chi connectivity index (χ2n) is 3.87. The number of ether oxygens (including phenoxy) is 2. The van der Waals surface area contributed by atoms with Crippen LogP contribution in [0.3, 0.4) is 0 Å². The Kier molecular flexibility index (Phi) is 2.51. The Morgan fingerprint density at radius 2 is 1.87 bits per heavy atom. The molecule has 0 amide bonds. The highest BCUT2D eigenvalue weighted by Gasteiger charge is 2.20. The molecule has 2 unspecified atom stereocenters. The Morgan fingerprint density at radius 3 is 2.53 bits per heavy atom. The number of rotatable bonds is 0. The largest absolute Gasteiger partial charge is 0.487 e. The quantitative estimate of drug-likeness (QED) is 0.650. The van der Waals surface area contributed by atoms with Gasteiger partial charge in [0.25, 0.3) is 0 Å². The van der Waals surface area contributed by atoms with Crippen LogP contribution in [0.5, 0.6) is 11.5 Å². The summed E-state index contributed by atoms with van der Waals surface area (Å²) in [6, 6.07) is 7.35. The predicted molar refractivity (Wildman–Crippen MR) is 56.0 cm³/mol. The lowest BCUT2D eigenvalue weighted by Gasteiger charge is -2.11. The summed E-state index contributed by atoms with van der Waals surface area (Å²) < 4.78 is 11.4. The topological polar surface area (TPSA) is 42.2 Å². The van der Waals surface area contributed by atoms with Gasteiger partial charge in [-0.15, -0.1) is 0 Å². The van der Waals surface area contributed by atoms with Gasteiger partial charge in [0.15, 0.2) is 11.5 Å². The van der Waals surface area contributed by atoms with Crippen LogP contribution in [0, 0.1) is 11.3 Å². The molecule has 1 aromatic carbocycles. The molecule has 0 N–H and O–H groups in total. The minimum absolute atomic E-state index is 0.121. The summed E-state index contributed by atoms with van der Waals surface area (Å²) in [5.41, 5.74) is 0.596. The van der Waals surface area contributed by atoms with Crippen molar-refractivity contribution in [1.29, 1.82) is 5.26 Å². The average molecular weight is 203 g/mol. The number of nitrogens with zero attached hydrogens (tertiary/aromatic N) is 1. The van der Waals surface area contributed by atoms with Gasteiger partial charge in [-0.25, -0.2) is 0 Å². The maximum Gasteiger partial charge on any atom is 0.162 e. The normalized spacial score (nSPS) is 24.1. The molecule has 0 radical (unpaired) electrons. The fraction of sp³-hybridized carbons (Fsp3) is 0.417. The number of nitriles is 1. The molecule has 2 atom stereocenters. The summed E-state index contributed by atoms with van der Waals surface area (Å²) in [4.78, 5) is 0. The van der Waals surface area contributed by atoms with Crippen LogP contribution < -0.4 is 9.47 Å². The van der Waals surface area contributed by atoms with Crippen molar-refractivity contribution in [1.82, 2.24) is 0 Å². The van der Waals surface area contributed by atoms with Crippen molar-refractivity contribution in [2.75, 3.05) is 0 Å². The second kappa shape index (κ2) is 3.82. The fourth-order valence-electron chi connectivity index (χ4n) is 1.76. The van der Waals surface area contributed by atoms with Gasteiger partial charge < -0.3 is 9.47 Å². The first-order chi connectivity index (χ1) is 7.19. The first-order valence-corrected chi connectivity index (χ1v) is 5.06. The molecule has 0 spiro atoms. The van der Waals surface area contributed by atoms with E-state index < -0.39 is 0 Å². The van der Waals surface area contributed by atoms with Crippen molar-refractivity contribution in [3.8, 4) is 17.6 Å². The Bertz CT molecular complexity index is 409. The Labute approximate surface area is 89.2 Å². The van der Waals surface area contributed by atoms with Gasteiger partial charge in [0, 0.05) is 12.5 Å². The van der Waals surface area contributed by atoms with Crippen molar-refractivity contribution >= 4 is 0 Å². The van der Waals surface area contributed by atoms with Crippen molar-refractivity contribution in [3.63, 3.8) is 0 Å². The first-order valence-electron chi connectivity index (χ1n) is 5.06. The van der Waals surface area contributed by atoms with Gasteiger partial charge in [-0.2, -0.15) is 5.26 Å². The molecule has 2 rings (SSSR count). The van der Waals surface area contributed by atoms with E-state index in [0.717, 1.165) is 12.2 Å². The van der Waals surface area contributed by atoms with E-state index in [2.05, 4.69) is 6.07 Å². The lowest BCUT2D eigenvalue weighted by atomic mass is 10.2. The summed E-state index contributed by atoms with van der Waals surface area (Å²) in [5.74, 6) is 1.40. The number of benzene rings is 1. The van der Waals surface area contributed by atoms with Crippen LogP contribution in [-0.2, 0) is 0 Å². The van der Waals surface area contributed by atoms with Crippen LogP contribution in [0.15, 0.2) is 18.2 Å². The predicted octanol–water partition coefficient (Wildman–Crippen LogP) is 2.50. The van der Waals surface area contributed by atoms with Crippen LogP contribution in [0.4, 0.5) is 0 Å². The lowest BCUT2D eigenvalue weighted by molar-refractivity contribution is 0.168. The standard InChI is InChI=1S/C12H13NO2/c1-8-5-9(2)15-12-6-10(7-13)3-4-11(12)14-8/h3-4,6,8-9H,5H2,1-2H3. The average Bonchev–Trinajstić information content (AvgIpc) is 2.33. The van der Waals surface area contributed by atoms with Gasteiger partial charge in [0.05, 0.1) is 23.8 Å². The van der Waals surface area contributed by atoms with Crippen molar-refractivity contribution in [2.24, 2.45) is 0 Å². The van der Waals surface area contributed by atoms with E-state index in [-0.39, 0.29) is 12.2 Å². The molecule has 1 aliphatic heterocycles. The zero-order valence-corrected chi connectivity index (χ0v) is 8.86. The summed E-state index contributed by atoms with van der Waals surface area (Å²) in [6.07, 6.45) is 1.13. The molecule has 3 heteroatoms. The molecular formula is C12H13NO2. The second-order valence-corrected chi connectivity index (χ2v) is 3.87. The van der Waals surface area contributed by atoms with E-state index in [1.807, 2.05) is 13.8 Å². The first kappa shape index (κ1) is 9.85. The van der Waals surface area contributed by atoms with E-state index in [1.54, 1.807) is 18.2 Å². The van der Waals surface area contributed by atoms with Crippen LogP contribution in [-0.4, -0.2) is 12.2 Å². The molecule has 0 aliphatic carbocycles. The summed E-state index contributed by atoms with van der Waals surface area (Å²) in [6.45, 7) is 4.03. The van der Waals surface area contributed by atoms with E-state index in [4.69, 9.17) is 14.7 Å². The SMILES string of the molecule is CC1CC(C)Oc2cc(C#N)ccc2O1. The van der Waals surface area contributed by atoms with Crippen molar-refractivity contribution < 1.29 is 9.47 Å². The van der Waals surface area contributed by atoms with Gasteiger partial charge in [-0.1, -0.05) is 0 Å². The molecule has 78 valence electrons. The molecule has 1 aliphatic rings. The van der Waals surface area contributed by atoms with Crippen molar-refractivity contribution in [3.05, 3.63) is 23.8 Å². The molecule has 0 saturated carbocycles. The molecule has 15 heavy (non-hydrogen) atoms. The number of hydrogen-bond acceptors (Lipinski definition) is 3. The summed E-state index contributed by atoms with van der Waals surface area (Å²) in [5, 5.41) is 8.78. The highest BCUT2D eigenvalue weighted by Crippen LogP contribution is 2.33. The van der Waals surface area contributed by atoms with E-state index in [1.165, 1.54) is 0 Å². The van der Waals surface area contributed by atoms with Gasteiger partial charge in [0.2, 0.25) is 0 Å². The maximum atomic E-state index is 8.78. The molecule has 3 nitrogen and oxygen atoms in total. The Balaban J connectivity index is 2.39. The summed E-state index contributed by atoms with van der Waals surface area (Å²) >= 11 is 0. The molecule has 1 aromatic rings.